The first-order chi connectivity index (χ1) is 9.93. The molecule has 1 unspecified atom stereocenters. The van der Waals surface area contributed by atoms with Gasteiger partial charge in [0.25, 0.3) is 0 Å². The predicted octanol–water partition coefficient (Wildman–Crippen LogP) is 1.73. The van der Waals surface area contributed by atoms with Crippen molar-refractivity contribution in [1.29, 1.82) is 0 Å². The highest BCUT2D eigenvalue weighted by Gasteiger charge is 2.39. The maximum atomic E-state index is 12.3. The van der Waals surface area contributed by atoms with Gasteiger partial charge in [-0.15, -0.1) is 11.8 Å². The summed E-state index contributed by atoms with van der Waals surface area (Å²) in [7, 11) is 1.61. The van der Waals surface area contributed by atoms with Crippen LogP contribution in [-0.2, 0) is 14.3 Å². The maximum Gasteiger partial charge on any atom is 0.337 e. The van der Waals surface area contributed by atoms with E-state index in [0.717, 1.165) is 28.6 Å². The third-order valence-corrected chi connectivity index (χ3v) is 4.59. The van der Waals surface area contributed by atoms with Crippen molar-refractivity contribution in [3.63, 3.8) is 0 Å². The first-order valence-corrected chi connectivity index (χ1v) is 8.16. The zero-order valence-corrected chi connectivity index (χ0v) is 13.8. The first kappa shape index (κ1) is 15.9. The predicted molar refractivity (Wildman–Crippen MR) is 83.3 cm³/mol. The number of rotatable bonds is 4. The fourth-order valence-electron chi connectivity index (χ4n) is 2.38. The van der Waals surface area contributed by atoms with Crippen molar-refractivity contribution in [3.8, 4) is 0 Å². The summed E-state index contributed by atoms with van der Waals surface area (Å²) in [5.74, 6) is 0.835. The van der Waals surface area contributed by atoms with E-state index in [0.29, 0.717) is 12.5 Å². The second kappa shape index (κ2) is 6.56. The van der Waals surface area contributed by atoms with Crippen LogP contribution in [-0.4, -0.2) is 42.7 Å². The number of nitrogens with zero attached hydrogens (tertiary/aromatic N) is 1. The van der Waals surface area contributed by atoms with Gasteiger partial charge in [0.05, 0.1) is 17.2 Å². The minimum absolute atomic E-state index is 0.115. The number of nitrogens with one attached hydrogen (secondary N) is 1. The third-order valence-electron chi connectivity index (χ3n) is 3.44. The Morgan fingerprint density at radius 3 is 2.86 bits per heavy atom. The Bertz CT molecular complexity index is 511. The van der Waals surface area contributed by atoms with Crippen LogP contribution in [0.1, 0.15) is 20.8 Å². The normalized spacial score (nSPS) is 23.0. The molecule has 1 amide bonds. The number of thioether (sulfide) groups is 1. The van der Waals surface area contributed by atoms with E-state index in [4.69, 9.17) is 4.74 Å². The molecule has 2 aliphatic heterocycles. The molecule has 2 heterocycles. The molecule has 0 aliphatic carbocycles. The lowest BCUT2D eigenvalue weighted by atomic mass is 10.1. The zero-order valence-electron chi connectivity index (χ0n) is 12.9. The maximum absolute atomic E-state index is 12.3. The lowest BCUT2D eigenvalue weighted by Gasteiger charge is -2.15. The molecule has 2 aliphatic rings. The molecule has 116 valence electrons. The Morgan fingerprint density at radius 2 is 2.24 bits per heavy atom. The summed E-state index contributed by atoms with van der Waals surface area (Å²) in [4.78, 5) is 25.8. The van der Waals surface area contributed by atoms with Gasteiger partial charge in [-0.3, -0.25) is 4.79 Å². The van der Waals surface area contributed by atoms with E-state index in [1.54, 1.807) is 24.9 Å². The van der Waals surface area contributed by atoms with Gasteiger partial charge in [-0.25, -0.2) is 4.79 Å². The summed E-state index contributed by atoms with van der Waals surface area (Å²) < 4.78 is 5.37. The topological polar surface area (TPSA) is 58.6 Å². The van der Waals surface area contributed by atoms with Gasteiger partial charge in [0.15, 0.2) is 0 Å². The molecule has 1 saturated heterocycles. The van der Waals surface area contributed by atoms with Crippen molar-refractivity contribution in [3.05, 3.63) is 22.4 Å². The van der Waals surface area contributed by atoms with Crippen LogP contribution >= 0.6 is 11.8 Å². The van der Waals surface area contributed by atoms with Gasteiger partial charge in [0, 0.05) is 37.0 Å². The Labute approximate surface area is 129 Å². The molecule has 0 aromatic carbocycles. The van der Waals surface area contributed by atoms with Gasteiger partial charge in [-0.05, 0) is 5.92 Å². The Kier molecular flexibility index (Phi) is 4.98. The molecule has 0 aromatic rings. The standard InChI is InChI=1S/C15H22N2O3S/c1-9(2)7-20-15(19)13-10(3)6-17-11(5-12(18)16-4)8-21-14(13)17/h5,9-10H,6-8H2,1-4H3,(H,16,18). The van der Waals surface area contributed by atoms with Crippen molar-refractivity contribution in [2.45, 2.75) is 20.8 Å². The number of esters is 1. The molecule has 0 radical (unpaired) electrons. The molecular formula is C15H22N2O3S. The van der Waals surface area contributed by atoms with Crippen LogP contribution in [0.4, 0.5) is 0 Å². The van der Waals surface area contributed by atoms with Crippen molar-refractivity contribution in [2.24, 2.45) is 11.8 Å². The number of fused-ring (bicyclic) bond motifs is 1. The Balaban J connectivity index is 2.17. The lowest BCUT2D eigenvalue weighted by molar-refractivity contribution is -0.140. The molecule has 0 spiro atoms. The van der Waals surface area contributed by atoms with Gasteiger partial charge in [0.2, 0.25) is 5.91 Å². The number of amides is 1. The molecule has 0 aromatic heterocycles. The summed E-state index contributed by atoms with van der Waals surface area (Å²) in [5.41, 5.74) is 1.70. The fourth-order valence-corrected chi connectivity index (χ4v) is 3.69. The molecule has 21 heavy (non-hydrogen) atoms. The molecule has 1 fully saturated rings. The molecule has 1 N–H and O–H groups in total. The lowest BCUT2D eigenvalue weighted by Crippen LogP contribution is -2.21. The van der Waals surface area contributed by atoms with Gasteiger partial charge in [-0.1, -0.05) is 20.8 Å². The number of hydrogen-bond donors (Lipinski definition) is 1. The van der Waals surface area contributed by atoms with Crippen LogP contribution < -0.4 is 5.32 Å². The fraction of sp³-hybridized carbons (Fsp3) is 0.600. The summed E-state index contributed by atoms with van der Waals surface area (Å²) in [5, 5.41) is 3.54. The molecular weight excluding hydrogens is 288 g/mol. The van der Waals surface area contributed by atoms with E-state index >= 15 is 0 Å². The number of hydrogen-bond acceptors (Lipinski definition) is 5. The summed E-state index contributed by atoms with van der Waals surface area (Å²) in [6, 6.07) is 0. The van der Waals surface area contributed by atoms with Crippen LogP contribution in [0, 0.1) is 11.8 Å². The zero-order chi connectivity index (χ0) is 15.6. The van der Waals surface area contributed by atoms with Crippen molar-refractivity contribution >= 4 is 23.6 Å². The largest absolute Gasteiger partial charge is 0.462 e. The van der Waals surface area contributed by atoms with E-state index in [1.807, 2.05) is 20.8 Å². The molecule has 6 heteroatoms. The highest BCUT2D eigenvalue weighted by atomic mass is 32.2. The molecule has 0 bridgehead atoms. The van der Waals surface area contributed by atoms with Crippen molar-refractivity contribution in [1.82, 2.24) is 10.2 Å². The summed E-state index contributed by atoms with van der Waals surface area (Å²) >= 11 is 1.60. The van der Waals surface area contributed by atoms with Gasteiger partial charge in [0.1, 0.15) is 0 Å². The number of carbonyl (C=O) groups excluding carboxylic acids is 2. The smallest absolute Gasteiger partial charge is 0.337 e. The first-order valence-electron chi connectivity index (χ1n) is 7.18. The van der Waals surface area contributed by atoms with Gasteiger partial charge >= 0.3 is 5.97 Å². The van der Waals surface area contributed by atoms with Crippen LogP contribution in [0.2, 0.25) is 0 Å². The summed E-state index contributed by atoms with van der Waals surface area (Å²) in [6.07, 6.45) is 1.61. The summed E-state index contributed by atoms with van der Waals surface area (Å²) in [6.45, 7) is 7.23. The van der Waals surface area contributed by atoms with E-state index < -0.39 is 0 Å². The monoisotopic (exact) mass is 310 g/mol. The second-order valence-electron chi connectivity index (χ2n) is 5.76. The van der Waals surface area contributed by atoms with Crippen LogP contribution in [0.5, 0.6) is 0 Å². The Hall–Kier alpha value is -1.43. The molecule has 0 saturated carbocycles. The van der Waals surface area contributed by atoms with E-state index in [-0.39, 0.29) is 17.8 Å². The average Bonchev–Trinajstić information content (AvgIpc) is 2.95. The highest BCUT2D eigenvalue weighted by Crippen LogP contribution is 2.44. The average molecular weight is 310 g/mol. The molecule has 2 rings (SSSR count). The van der Waals surface area contributed by atoms with Crippen LogP contribution in [0.3, 0.4) is 0 Å². The second-order valence-corrected chi connectivity index (χ2v) is 6.73. The minimum atomic E-state index is -0.220. The number of ether oxygens (including phenoxy) is 1. The van der Waals surface area contributed by atoms with E-state index in [9.17, 15) is 9.59 Å². The van der Waals surface area contributed by atoms with E-state index in [2.05, 4.69) is 10.2 Å². The quantitative estimate of drug-likeness (QED) is 0.633. The van der Waals surface area contributed by atoms with Crippen molar-refractivity contribution < 1.29 is 14.3 Å². The Morgan fingerprint density at radius 1 is 1.52 bits per heavy atom. The van der Waals surface area contributed by atoms with Crippen molar-refractivity contribution in [2.75, 3.05) is 26.0 Å². The van der Waals surface area contributed by atoms with Gasteiger partial charge < -0.3 is 15.0 Å². The minimum Gasteiger partial charge on any atom is -0.462 e. The van der Waals surface area contributed by atoms with Gasteiger partial charge in [-0.2, -0.15) is 0 Å². The van der Waals surface area contributed by atoms with Crippen LogP contribution in [0.25, 0.3) is 0 Å². The SMILES string of the molecule is CNC(=O)C=C1CSC2=C(C(=O)OCC(C)C)C(C)CN12. The third kappa shape index (κ3) is 3.43. The molecule has 1 atom stereocenters. The molecule has 5 nitrogen and oxygen atoms in total. The number of carbonyl (C=O) groups is 2. The highest BCUT2D eigenvalue weighted by molar-refractivity contribution is 8.03. The van der Waals surface area contributed by atoms with E-state index in [1.165, 1.54) is 0 Å². The van der Waals surface area contributed by atoms with Crippen LogP contribution in [0.15, 0.2) is 22.4 Å². The number of likely N-dealkylation sites (N-methyl/N-ethyl adjacent to an activating group) is 1.